The molecule has 2 aromatic rings. The van der Waals surface area contributed by atoms with Crippen molar-refractivity contribution in [2.24, 2.45) is 0 Å². The van der Waals surface area contributed by atoms with Gasteiger partial charge in [0, 0.05) is 5.02 Å². The van der Waals surface area contributed by atoms with Crippen LogP contribution in [0.5, 0.6) is 5.75 Å². The zero-order valence-corrected chi connectivity index (χ0v) is 12.7. The Balaban J connectivity index is 2.29. The van der Waals surface area contributed by atoms with Crippen molar-refractivity contribution in [2.75, 3.05) is 0 Å². The van der Waals surface area contributed by atoms with Crippen molar-refractivity contribution in [1.29, 1.82) is 0 Å². The highest BCUT2D eigenvalue weighted by Gasteiger charge is 2.25. The summed E-state index contributed by atoms with van der Waals surface area (Å²) in [6.45, 7) is 5.73. The Labute approximate surface area is 125 Å². The smallest absolute Gasteiger partial charge is 0.119 e. The largest absolute Gasteiger partial charge is 0.491 e. The van der Waals surface area contributed by atoms with Crippen LogP contribution < -0.4 is 4.74 Å². The molecule has 0 heterocycles. The van der Waals surface area contributed by atoms with Crippen LogP contribution in [0.4, 0.5) is 0 Å². The Hall–Kier alpha value is -1.51. The van der Waals surface area contributed by atoms with Crippen LogP contribution in [-0.4, -0.2) is 11.2 Å². The van der Waals surface area contributed by atoms with E-state index in [0.29, 0.717) is 5.02 Å². The van der Waals surface area contributed by atoms with Gasteiger partial charge in [-0.3, -0.25) is 0 Å². The first-order chi connectivity index (χ1) is 9.39. The predicted octanol–water partition coefficient (Wildman–Crippen LogP) is 4.38. The van der Waals surface area contributed by atoms with Gasteiger partial charge >= 0.3 is 0 Å². The highest BCUT2D eigenvalue weighted by Crippen LogP contribution is 2.31. The number of hydrogen-bond acceptors (Lipinski definition) is 2. The second-order valence-corrected chi connectivity index (χ2v) is 5.71. The fraction of sp³-hybridized carbons (Fsp3) is 0.294. The van der Waals surface area contributed by atoms with E-state index in [4.69, 9.17) is 16.3 Å². The predicted molar refractivity (Wildman–Crippen MR) is 82.3 cm³/mol. The number of rotatable bonds is 4. The Bertz CT molecular complexity index is 574. The summed E-state index contributed by atoms with van der Waals surface area (Å²) in [5, 5.41) is 11.4. The van der Waals surface area contributed by atoms with Crippen LogP contribution in [0.2, 0.25) is 5.02 Å². The third kappa shape index (κ3) is 3.33. The van der Waals surface area contributed by atoms with Gasteiger partial charge in [0.25, 0.3) is 0 Å². The van der Waals surface area contributed by atoms with Gasteiger partial charge in [-0.25, -0.2) is 0 Å². The molecule has 0 saturated heterocycles. The van der Waals surface area contributed by atoms with Crippen molar-refractivity contribution in [2.45, 2.75) is 32.5 Å². The zero-order chi connectivity index (χ0) is 14.8. The minimum atomic E-state index is -1.08. The fourth-order valence-corrected chi connectivity index (χ4v) is 2.28. The number of aliphatic hydroxyl groups is 1. The van der Waals surface area contributed by atoms with Crippen LogP contribution in [0.3, 0.4) is 0 Å². The summed E-state index contributed by atoms with van der Waals surface area (Å²) < 4.78 is 5.60. The molecule has 0 fully saturated rings. The van der Waals surface area contributed by atoms with E-state index in [-0.39, 0.29) is 6.10 Å². The Morgan fingerprint density at radius 1 is 1.05 bits per heavy atom. The first kappa shape index (κ1) is 14.9. The van der Waals surface area contributed by atoms with Crippen molar-refractivity contribution in [3.63, 3.8) is 0 Å². The zero-order valence-electron chi connectivity index (χ0n) is 11.9. The maximum atomic E-state index is 10.8. The summed E-state index contributed by atoms with van der Waals surface area (Å²) in [5.41, 5.74) is 0.486. The molecule has 0 radical (unpaired) electrons. The molecule has 0 amide bonds. The summed E-state index contributed by atoms with van der Waals surface area (Å²) in [4.78, 5) is 0. The van der Waals surface area contributed by atoms with E-state index in [1.807, 2.05) is 50.2 Å². The summed E-state index contributed by atoms with van der Waals surface area (Å²) in [6.07, 6.45) is 0.134. The van der Waals surface area contributed by atoms with Crippen molar-refractivity contribution in [1.82, 2.24) is 0 Å². The normalized spacial score (nSPS) is 14.1. The molecule has 2 rings (SSSR count). The number of hydrogen-bond donors (Lipinski definition) is 1. The minimum absolute atomic E-state index is 0.134. The first-order valence-corrected chi connectivity index (χ1v) is 7.03. The van der Waals surface area contributed by atoms with Crippen molar-refractivity contribution < 1.29 is 9.84 Å². The van der Waals surface area contributed by atoms with E-state index in [2.05, 4.69) is 0 Å². The van der Waals surface area contributed by atoms with Crippen molar-refractivity contribution in [3.05, 3.63) is 64.7 Å². The van der Waals surface area contributed by atoms with Crippen LogP contribution in [0.1, 0.15) is 31.9 Å². The molecule has 0 aliphatic rings. The number of benzene rings is 2. The molecule has 20 heavy (non-hydrogen) atoms. The molecule has 0 spiro atoms. The second kappa shape index (κ2) is 5.86. The second-order valence-electron chi connectivity index (χ2n) is 5.27. The molecule has 0 aliphatic carbocycles. The van der Waals surface area contributed by atoms with E-state index in [9.17, 15) is 5.11 Å². The van der Waals surface area contributed by atoms with Crippen LogP contribution in [0.15, 0.2) is 48.5 Å². The molecule has 0 saturated carbocycles. The molecule has 0 aliphatic heterocycles. The molecule has 1 atom stereocenters. The van der Waals surface area contributed by atoms with Gasteiger partial charge in [0.1, 0.15) is 11.4 Å². The Kier molecular flexibility index (Phi) is 4.36. The lowest BCUT2D eigenvalue weighted by molar-refractivity contribution is 0.102. The van der Waals surface area contributed by atoms with E-state index < -0.39 is 5.60 Å². The third-order valence-corrected chi connectivity index (χ3v) is 3.41. The summed E-state index contributed by atoms with van der Waals surface area (Å²) in [7, 11) is 0. The van der Waals surface area contributed by atoms with E-state index in [0.717, 1.165) is 16.9 Å². The van der Waals surface area contributed by atoms with E-state index >= 15 is 0 Å². The van der Waals surface area contributed by atoms with Crippen molar-refractivity contribution >= 4 is 11.6 Å². The van der Waals surface area contributed by atoms with Gasteiger partial charge in [-0.15, -0.1) is 0 Å². The summed E-state index contributed by atoms with van der Waals surface area (Å²) in [5.74, 6) is 0.797. The number of halogens is 1. The van der Waals surface area contributed by atoms with Gasteiger partial charge in [0.2, 0.25) is 0 Å². The van der Waals surface area contributed by atoms with E-state index in [1.165, 1.54) is 0 Å². The average Bonchev–Trinajstić information content (AvgIpc) is 2.38. The van der Waals surface area contributed by atoms with Crippen LogP contribution in [0, 0.1) is 0 Å². The highest BCUT2D eigenvalue weighted by atomic mass is 35.5. The SMILES string of the molecule is CC(C)Oc1ccc(C(C)(O)c2cccc(Cl)c2)cc1. The molecular formula is C17H19ClO2. The third-order valence-electron chi connectivity index (χ3n) is 3.17. The summed E-state index contributed by atoms with van der Waals surface area (Å²) >= 11 is 5.99. The molecule has 106 valence electrons. The molecule has 1 unspecified atom stereocenters. The van der Waals surface area contributed by atoms with Gasteiger partial charge in [0.05, 0.1) is 6.10 Å². The average molecular weight is 291 g/mol. The van der Waals surface area contributed by atoms with Gasteiger partial charge in [0.15, 0.2) is 0 Å². The molecule has 3 heteroatoms. The molecule has 0 aromatic heterocycles. The standard InChI is InChI=1S/C17H19ClO2/c1-12(2)20-16-9-7-13(8-10-16)17(3,19)14-5-4-6-15(18)11-14/h4-12,19H,1-3H3. The lowest BCUT2D eigenvalue weighted by Gasteiger charge is -2.25. The quantitative estimate of drug-likeness (QED) is 0.905. The molecule has 0 bridgehead atoms. The highest BCUT2D eigenvalue weighted by molar-refractivity contribution is 6.30. The van der Waals surface area contributed by atoms with Crippen LogP contribution in [-0.2, 0) is 5.60 Å². The molecule has 1 N–H and O–H groups in total. The van der Waals surface area contributed by atoms with Gasteiger partial charge < -0.3 is 9.84 Å². The lowest BCUT2D eigenvalue weighted by atomic mass is 9.88. The first-order valence-electron chi connectivity index (χ1n) is 6.65. The summed E-state index contributed by atoms with van der Waals surface area (Å²) in [6, 6.07) is 14.8. The van der Waals surface area contributed by atoms with Crippen LogP contribution >= 0.6 is 11.6 Å². The van der Waals surface area contributed by atoms with E-state index in [1.54, 1.807) is 19.1 Å². The Morgan fingerprint density at radius 2 is 1.70 bits per heavy atom. The number of ether oxygens (including phenoxy) is 1. The molecule has 2 nitrogen and oxygen atoms in total. The minimum Gasteiger partial charge on any atom is -0.491 e. The topological polar surface area (TPSA) is 29.5 Å². The fourth-order valence-electron chi connectivity index (χ4n) is 2.09. The molecule has 2 aromatic carbocycles. The maximum Gasteiger partial charge on any atom is 0.119 e. The molecular weight excluding hydrogens is 272 g/mol. The van der Waals surface area contributed by atoms with Gasteiger partial charge in [-0.2, -0.15) is 0 Å². The maximum absolute atomic E-state index is 10.8. The monoisotopic (exact) mass is 290 g/mol. The lowest BCUT2D eigenvalue weighted by Crippen LogP contribution is -2.22. The van der Waals surface area contributed by atoms with Gasteiger partial charge in [-0.05, 0) is 56.2 Å². The van der Waals surface area contributed by atoms with Gasteiger partial charge in [-0.1, -0.05) is 35.9 Å². The van der Waals surface area contributed by atoms with Crippen LogP contribution in [0.25, 0.3) is 0 Å². The Morgan fingerprint density at radius 3 is 2.25 bits per heavy atom. The van der Waals surface area contributed by atoms with Crippen molar-refractivity contribution in [3.8, 4) is 5.75 Å².